The number of carbonyl (C=O) groups excluding carboxylic acids is 2. The van der Waals surface area contributed by atoms with Crippen LogP contribution < -0.4 is 14.8 Å². The number of ether oxygens (including phenoxy) is 1. The zero-order chi connectivity index (χ0) is 30.2. The number of hydrogen-bond donors (Lipinski definition) is 2. The van der Waals surface area contributed by atoms with Crippen molar-refractivity contribution in [1.82, 2.24) is 24.7 Å². The Bertz CT molecular complexity index is 1470. The highest BCUT2D eigenvalue weighted by Gasteiger charge is 2.50. The van der Waals surface area contributed by atoms with Gasteiger partial charge in [-0.05, 0) is 87.4 Å². The third-order valence-corrected chi connectivity index (χ3v) is 10.0. The number of benzene rings is 2. The number of nitrogens with one attached hydrogen (secondary N) is 2. The van der Waals surface area contributed by atoms with Gasteiger partial charge in [0.2, 0.25) is 10.0 Å². The van der Waals surface area contributed by atoms with Crippen molar-refractivity contribution in [2.24, 2.45) is 0 Å². The van der Waals surface area contributed by atoms with Crippen LogP contribution in [0.25, 0.3) is 0 Å². The van der Waals surface area contributed by atoms with Crippen LogP contribution in [0.1, 0.15) is 65.3 Å². The molecule has 3 aliphatic heterocycles. The van der Waals surface area contributed by atoms with Crippen LogP contribution >= 0.6 is 0 Å². The second kappa shape index (κ2) is 11.9. The van der Waals surface area contributed by atoms with E-state index in [2.05, 4.69) is 27.1 Å². The number of rotatable bonds is 9. The molecule has 0 bridgehead atoms. The quantitative estimate of drug-likeness (QED) is 0.457. The molecule has 3 aliphatic rings. The van der Waals surface area contributed by atoms with Crippen LogP contribution in [-0.4, -0.2) is 92.7 Å². The Labute approximate surface area is 249 Å². The first-order valence-electron chi connectivity index (χ1n) is 14.9. The normalized spacial score (nSPS) is 22.1. The van der Waals surface area contributed by atoms with Gasteiger partial charge in [0.25, 0.3) is 5.91 Å². The summed E-state index contributed by atoms with van der Waals surface area (Å²) in [5.41, 5.74) is 4.69. The Morgan fingerprint density at radius 1 is 1.17 bits per heavy atom. The molecule has 0 aromatic heterocycles. The van der Waals surface area contributed by atoms with Crippen LogP contribution in [-0.2, 0) is 16.4 Å². The summed E-state index contributed by atoms with van der Waals surface area (Å²) >= 11 is 0. The van der Waals surface area contributed by atoms with E-state index < -0.39 is 10.0 Å². The van der Waals surface area contributed by atoms with E-state index in [1.54, 1.807) is 4.90 Å². The average molecular weight is 598 g/mol. The Kier molecular flexibility index (Phi) is 8.55. The molecule has 1 spiro atoms. The maximum Gasteiger partial charge on any atom is 0.318 e. The van der Waals surface area contributed by atoms with Crippen LogP contribution in [0, 0.1) is 13.8 Å². The number of amides is 3. The van der Waals surface area contributed by atoms with Crippen molar-refractivity contribution in [3.05, 3.63) is 58.1 Å². The van der Waals surface area contributed by atoms with Gasteiger partial charge in [0.1, 0.15) is 11.5 Å². The fraction of sp³-hybridized carbons (Fsp3) is 0.548. The van der Waals surface area contributed by atoms with Crippen molar-refractivity contribution in [3.8, 4) is 11.5 Å². The zero-order valence-corrected chi connectivity index (χ0v) is 26.1. The summed E-state index contributed by atoms with van der Waals surface area (Å²) in [4.78, 5) is 32.3. The van der Waals surface area contributed by atoms with E-state index in [9.17, 15) is 18.0 Å². The van der Waals surface area contributed by atoms with Crippen LogP contribution in [0.5, 0.6) is 11.5 Å². The molecule has 228 valence electrons. The minimum absolute atomic E-state index is 0.0322. The molecule has 2 unspecified atom stereocenters. The molecule has 0 radical (unpaired) electrons. The predicted molar refractivity (Wildman–Crippen MR) is 163 cm³/mol. The van der Waals surface area contributed by atoms with Crippen molar-refractivity contribution < 1.29 is 22.7 Å². The molecule has 2 aromatic rings. The van der Waals surface area contributed by atoms with Crippen molar-refractivity contribution in [1.29, 1.82) is 0 Å². The van der Waals surface area contributed by atoms with E-state index in [0.717, 1.165) is 49.7 Å². The van der Waals surface area contributed by atoms with E-state index in [1.807, 2.05) is 50.8 Å². The number of fused-ring (bicyclic) bond motifs is 3. The van der Waals surface area contributed by atoms with Crippen LogP contribution in [0.2, 0.25) is 0 Å². The van der Waals surface area contributed by atoms with Gasteiger partial charge in [-0.3, -0.25) is 9.69 Å². The van der Waals surface area contributed by atoms with Crippen molar-refractivity contribution >= 4 is 22.0 Å². The van der Waals surface area contributed by atoms with E-state index >= 15 is 0 Å². The zero-order valence-electron chi connectivity index (χ0n) is 25.3. The Morgan fingerprint density at radius 2 is 1.93 bits per heavy atom. The topological polar surface area (TPSA) is 111 Å². The van der Waals surface area contributed by atoms with E-state index in [-0.39, 0.29) is 30.1 Å². The summed E-state index contributed by atoms with van der Waals surface area (Å²) in [6.45, 7) is 12.1. The Hall–Kier alpha value is -3.15. The maximum atomic E-state index is 13.3. The Morgan fingerprint density at radius 3 is 2.64 bits per heavy atom. The maximum absolute atomic E-state index is 13.3. The first kappa shape index (κ1) is 30.3. The molecule has 2 atom stereocenters. The number of sulfonamides is 1. The van der Waals surface area contributed by atoms with Gasteiger partial charge in [0, 0.05) is 51.9 Å². The van der Waals surface area contributed by atoms with Crippen LogP contribution in [0.3, 0.4) is 0 Å². The molecule has 3 heterocycles. The smallest absolute Gasteiger partial charge is 0.318 e. The number of nitrogens with zero attached hydrogens (tertiary/aromatic N) is 3. The molecule has 0 aliphatic carbocycles. The van der Waals surface area contributed by atoms with Crippen molar-refractivity contribution in [2.45, 2.75) is 58.5 Å². The van der Waals surface area contributed by atoms with Crippen molar-refractivity contribution in [3.63, 3.8) is 0 Å². The minimum atomic E-state index is -3.33. The monoisotopic (exact) mass is 597 g/mol. The fourth-order valence-corrected chi connectivity index (χ4v) is 7.21. The highest BCUT2D eigenvalue weighted by Crippen LogP contribution is 2.45. The molecule has 2 saturated heterocycles. The lowest BCUT2D eigenvalue weighted by molar-refractivity contribution is 0.0311. The molecule has 10 nitrogen and oxygen atoms in total. The molecule has 5 rings (SSSR count). The van der Waals surface area contributed by atoms with Gasteiger partial charge < -0.3 is 19.9 Å². The van der Waals surface area contributed by atoms with E-state index in [0.29, 0.717) is 43.2 Å². The highest BCUT2D eigenvalue weighted by atomic mass is 32.2. The number of urea groups is 1. The molecular formula is C31H43N5O5S. The molecule has 42 heavy (non-hydrogen) atoms. The van der Waals surface area contributed by atoms with Crippen molar-refractivity contribution in [2.75, 3.05) is 52.1 Å². The summed E-state index contributed by atoms with van der Waals surface area (Å²) in [5, 5.41) is 3.01. The minimum Gasteiger partial charge on any atom is -0.456 e. The highest BCUT2D eigenvalue weighted by molar-refractivity contribution is 7.88. The summed E-state index contributed by atoms with van der Waals surface area (Å²) < 4.78 is 32.2. The first-order chi connectivity index (χ1) is 20.0. The molecule has 2 N–H and O–H groups in total. The van der Waals surface area contributed by atoms with Gasteiger partial charge in [0.05, 0.1) is 17.4 Å². The number of aryl methyl sites for hydroxylation is 1. The largest absolute Gasteiger partial charge is 0.456 e. The summed E-state index contributed by atoms with van der Waals surface area (Å²) in [5.74, 6) is 1.28. The lowest BCUT2D eigenvalue weighted by atomic mass is 9.77. The molecule has 2 aromatic carbocycles. The predicted octanol–water partition coefficient (Wildman–Crippen LogP) is 3.58. The van der Waals surface area contributed by atoms with Gasteiger partial charge >= 0.3 is 6.03 Å². The number of piperidine rings is 1. The average Bonchev–Trinajstić information content (AvgIpc) is 3.25. The van der Waals surface area contributed by atoms with Gasteiger partial charge in [0.15, 0.2) is 0 Å². The molecule has 3 amide bonds. The van der Waals surface area contributed by atoms with Gasteiger partial charge in [-0.1, -0.05) is 12.1 Å². The lowest BCUT2D eigenvalue weighted by Gasteiger charge is -2.50. The molecular weight excluding hydrogens is 554 g/mol. The molecule has 0 saturated carbocycles. The SMILES string of the molecule is CCN(CC)C(=O)c1ccc(C)c(C)c1Oc1ccc2c(c1)CCN1CCC3(CNC(=O)N3CCNS(C)(=O)=O)CC21. The Balaban J connectivity index is 1.39. The van der Waals surface area contributed by atoms with E-state index in [4.69, 9.17) is 4.74 Å². The summed E-state index contributed by atoms with van der Waals surface area (Å²) in [7, 11) is -3.33. The summed E-state index contributed by atoms with van der Waals surface area (Å²) in [6.07, 6.45) is 3.64. The third kappa shape index (κ3) is 5.87. The van der Waals surface area contributed by atoms with Gasteiger partial charge in [-0.15, -0.1) is 0 Å². The van der Waals surface area contributed by atoms with Gasteiger partial charge in [-0.25, -0.2) is 17.9 Å². The van der Waals surface area contributed by atoms with E-state index in [1.165, 1.54) is 11.1 Å². The standard InChI is InChI=1S/C31H43N5O5S/c1-6-34(7-2)29(37)26-10-8-21(3)22(4)28(26)41-24-9-11-25-23(18-24)12-15-35-16-13-31(19-27(25)35)20-32-30(38)36(31)17-14-33-42(5,39)40/h8-11,18,27,33H,6-7,12-17,19-20H2,1-5H3,(H,32,38). The van der Waals surface area contributed by atoms with Crippen LogP contribution in [0.15, 0.2) is 30.3 Å². The fourth-order valence-electron chi connectivity index (χ4n) is 6.75. The number of carbonyl (C=O) groups is 2. The molecule has 11 heteroatoms. The first-order valence-corrected chi connectivity index (χ1v) is 16.8. The summed E-state index contributed by atoms with van der Waals surface area (Å²) in [6, 6.07) is 10.1. The second-order valence-corrected chi connectivity index (χ2v) is 13.6. The number of hydrogen-bond acceptors (Lipinski definition) is 6. The van der Waals surface area contributed by atoms with Crippen LogP contribution in [0.4, 0.5) is 4.79 Å². The molecule has 2 fully saturated rings. The second-order valence-electron chi connectivity index (χ2n) is 11.8. The van der Waals surface area contributed by atoms with Gasteiger partial charge in [-0.2, -0.15) is 0 Å². The lowest BCUT2D eigenvalue weighted by Crippen LogP contribution is -2.57. The third-order valence-electron chi connectivity index (χ3n) is 9.28.